The Morgan fingerprint density at radius 1 is 1.16 bits per heavy atom. The summed E-state index contributed by atoms with van der Waals surface area (Å²) in [6.45, 7) is 6.68. The van der Waals surface area contributed by atoms with Crippen LogP contribution in [-0.2, 0) is 11.3 Å². The lowest BCUT2D eigenvalue weighted by atomic mass is 10.0. The second-order valence-corrected chi connectivity index (χ2v) is 9.24. The van der Waals surface area contributed by atoms with Crippen molar-refractivity contribution in [1.29, 1.82) is 0 Å². The number of thiophene rings is 1. The topological polar surface area (TPSA) is 62.1 Å². The first-order chi connectivity index (χ1) is 15.5. The van der Waals surface area contributed by atoms with E-state index in [4.69, 9.17) is 9.26 Å². The molecule has 0 bridgehead atoms. The van der Waals surface area contributed by atoms with Crippen molar-refractivity contribution in [1.82, 2.24) is 15.0 Å². The lowest BCUT2D eigenvalue weighted by molar-refractivity contribution is 0.0736. The number of morpholine rings is 1. The highest BCUT2D eigenvalue weighted by Crippen LogP contribution is 2.33. The normalized spacial score (nSPS) is 14.2. The maximum Gasteiger partial charge on any atom is 0.264 e. The van der Waals surface area contributed by atoms with Gasteiger partial charge in [0.1, 0.15) is 5.69 Å². The first-order valence-electron chi connectivity index (χ1n) is 10.9. The van der Waals surface area contributed by atoms with E-state index in [-0.39, 0.29) is 5.91 Å². The van der Waals surface area contributed by atoms with E-state index in [9.17, 15) is 4.79 Å². The van der Waals surface area contributed by atoms with Crippen LogP contribution in [0.2, 0.25) is 0 Å². The van der Waals surface area contributed by atoms with Gasteiger partial charge in [0.2, 0.25) is 5.88 Å². The molecular weight excluding hydrogens is 424 g/mol. The number of amides is 1. The first kappa shape index (κ1) is 22.5. The van der Waals surface area contributed by atoms with Gasteiger partial charge in [0.05, 0.1) is 30.2 Å². The largest absolute Gasteiger partial charge is 0.378 e. The molecule has 2 aromatic heterocycles. The van der Waals surface area contributed by atoms with Gasteiger partial charge in [0.15, 0.2) is 0 Å². The fourth-order valence-electron chi connectivity index (χ4n) is 3.80. The molecule has 3 heterocycles. The molecule has 1 aliphatic rings. The number of hydrogen-bond donors (Lipinski definition) is 0. The molecule has 1 amide bonds. The molecule has 0 aliphatic carbocycles. The minimum Gasteiger partial charge on any atom is -0.378 e. The highest BCUT2D eigenvalue weighted by atomic mass is 32.1. The molecule has 0 unspecified atom stereocenters. The second kappa shape index (κ2) is 10.3. The Morgan fingerprint density at radius 3 is 2.66 bits per heavy atom. The Kier molecular flexibility index (Phi) is 7.24. The number of likely N-dealkylation sites (N-methyl/N-ethyl adjacent to an activating group) is 1. The van der Waals surface area contributed by atoms with E-state index >= 15 is 0 Å². The van der Waals surface area contributed by atoms with Gasteiger partial charge >= 0.3 is 0 Å². The third-order valence-corrected chi connectivity index (χ3v) is 6.40. The van der Waals surface area contributed by atoms with Crippen LogP contribution in [0.1, 0.15) is 20.8 Å². The van der Waals surface area contributed by atoms with Gasteiger partial charge in [-0.25, -0.2) is 0 Å². The van der Waals surface area contributed by atoms with Gasteiger partial charge in [-0.1, -0.05) is 35.0 Å². The summed E-state index contributed by atoms with van der Waals surface area (Å²) in [6.07, 6.45) is 0. The smallest absolute Gasteiger partial charge is 0.264 e. The van der Waals surface area contributed by atoms with Crippen molar-refractivity contribution in [2.75, 3.05) is 58.4 Å². The fourth-order valence-corrected chi connectivity index (χ4v) is 4.49. The minimum absolute atomic E-state index is 0.0335. The molecule has 8 heteroatoms. The Labute approximate surface area is 193 Å². The molecule has 0 N–H and O–H groups in total. The zero-order valence-electron chi connectivity index (χ0n) is 18.9. The number of carbonyl (C=O) groups excluding carboxylic acids is 1. The average Bonchev–Trinajstić information content (AvgIpc) is 3.47. The van der Waals surface area contributed by atoms with Gasteiger partial charge in [-0.05, 0) is 38.5 Å². The van der Waals surface area contributed by atoms with Crippen LogP contribution >= 0.6 is 11.3 Å². The third kappa shape index (κ3) is 5.20. The van der Waals surface area contributed by atoms with Crippen LogP contribution < -0.4 is 4.90 Å². The van der Waals surface area contributed by atoms with Gasteiger partial charge in [0, 0.05) is 31.7 Å². The number of ether oxygens (including phenoxy) is 1. The molecule has 7 nitrogen and oxygen atoms in total. The summed E-state index contributed by atoms with van der Waals surface area (Å²) < 4.78 is 11.4. The van der Waals surface area contributed by atoms with Crippen molar-refractivity contribution in [3.63, 3.8) is 0 Å². The molecule has 32 heavy (non-hydrogen) atoms. The molecular formula is C24H30N4O3S. The highest BCUT2D eigenvalue weighted by molar-refractivity contribution is 7.12. The van der Waals surface area contributed by atoms with E-state index in [0.29, 0.717) is 26.3 Å². The fraction of sp³-hybridized carbons (Fsp3) is 0.417. The van der Waals surface area contributed by atoms with Crippen LogP contribution in [0.5, 0.6) is 0 Å². The van der Waals surface area contributed by atoms with E-state index in [1.807, 2.05) is 48.6 Å². The van der Waals surface area contributed by atoms with E-state index in [0.717, 1.165) is 52.8 Å². The van der Waals surface area contributed by atoms with Crippen LogP contribution in [0, 0.1) is 6.92 Å². The molecule has 1 saturated heterocycles. The number of anilines is 1. The molecule has 3 aromatic rings. The summed E-state index contributed by atoms with van der Waals surface area (Å²) in [4.78, 5) is 20.3. The predicted molar refractivity (Wildman–Crippen MR) is 127 cm³/mol. The number of carbonyl (C=O) groups is 1. The SMILES string of the molecule is Cc1cccc(-c2noc(N3CCOCC3)c2CN(CCN(C)C)C(=O)c2cccs2)c1. The molecule has 1 fully saturated rings. The van der Waals surface area contributed by atoms with Gasteiger partial charge in [-0.3, -0.25) is 4.79 Å². The van der Waals surface area contributed by atoms with Crippen molar-refractivity contribution in [3.8, 4) is 11.3 Å². The zero-order chi connectivity index (χ0) is 22.5. The van der Waals surface area contributed by atoms with Gasteiger partial charge in [0.25, 0.3) is 5.91 Å². The van der Waals surface area contributed by atoms with Crippen molar-refractivity contribution in [2.45, 2.75) is 13.5 Å². The van der Waals surface area contributed by atoms with Crippen molar-refractivity contribution in [2.24, 2.45) is 0 Å². The maximum absolute atomic E-state index is 13.4. The Hall–Kier alpha value is -2.68. The van der Waals surface area contributed by atoms with Crippen LogP contribution in [0.3, 0.4) is 0 Å². The Bertz CT molecular complexity index is 1030. The zero-order valence-corrected chi connectivity index (χ0v) is 19.7. The molecule has 1 aliphatic heterocycles. The average molecular weight is 455 g/mol. The Morgan fingerprint density at radius 2 is 1.97 bits per heavy atom. The van der Waals surface area contributed by atoms with Gasteiger partial charge in [-0.2, -0.15) is 0 Å². The summed E-state index contributed by atoms with van der Waals surface area (Å²) in [5, 5.41) is 6.41. The third-order valence-electron chi connectivity index (χ3n) is 5.54. The van der Waals surface area contributed by atoms with Crippen LogP contribution in [0.4, 0.5) is 5.88 Å². The summed E-state index contributed by atoms with van der Waals surface area (Å²) >= 11 is 1.47. The van der Waals surface area contributed by atoms with Crippen molar-refractivity contribution < 1.29 is 14.1 Å². The lowest BCUT2D eigenvalue weighted by Crippen LogP contribution is -2.38. The Balaban J connectivity index is 1.72. The van der Waals surface area contributed by atoms with E-state index in [1.54, 1.807) is 0 Å². The molecule has 0 radical (unpaired) electrons. The number of rotatable bonds is 8. The summed E-state index contributed by atoms with van der Waals surface area (Å²) in [7, 11) is 4.04. The van der Waals surface area contributed by atoms with E-state index in [1.165, 1.54) is 11.3 Å². The molecule has 1 aromatic carbocycles. The number of aryl methyl sites for hydroxylation is 1. The highest BCUT2D eigenvalue weighted by Gasteiger charge is 2.28. The molecule has 170 valence electrons. The monoisotopic (exact) mass is 454 g/mol. The first-order valence-corrected chi connectivity index (χ1v) is 11.8. The number of nitrogens with zero attached hydrogens (tertiary/aromatic N) is 4. The lowest BCUT2D eigenvalue weighted by Gasteiger charge is -2.29. The van der Waals surface area contributed by atoms with Crippen LogP contribution in [0.15, 0.2) is 46.3 Å². The molecule has 4 rings (SSSR count). The minimum atomic E-state index is 0.0335. The standard InChI is InChI=1S/C24H30N4O3S/c1-18-6-4-7-19(16-18)22-20(24(31-25-22)27-11-13-30-14-12-27)17-28(10-9-26(2)3)23(29)21-8-5-15-32-21/h4-8,15-16H,9-14,17H2,1-3H3. The number of benzene rings is 1. The maximum atomic E-state index is 13.4. The predicted octanol–water partition coefficient (Wildman–Crippen LogP) is 3.75. The molecule has 0 spiro atoms. The summed E-state index contributed by atoms with van der Waals surface area (Å²) in [6, 6.07) is 12.0. The number of aromatic nitrogens is 1. The van der Waals surface area contributed by atoms with Crippen molar-refractivity contribution in [3.05, 3.63) is 57.8 Å². The summed E-state index contributed by atoms with van der Waals surface area (Å²) in [5.74, 6) is 0.768. The van der Waals surface area contributed by atoms with Gasteiger partial charge in [-0.15, -0.1) is 11.3 Å². The molecule has 0 saturated carbocycles. The quantitative estimate of drug-likeness (QED) is 0.517. The van der Waals surface area contributed by atoms with E-state index < -0.39 is 0 Å². The summed E-state index contributed by atoms with van der Waals surface area (Å²) in [5.41, 5.74) is 3.90. The molecule has 0 atom stereocenters. The van der Waals surface area contributed by atoms with Gasteiger partial charge < -0.3 is 24.0 Å². The second-order valence-electron chi connectivity index (χ2n) is 8.29. The van der Waals surface area contributed by atoms with Crippen molar-refractivity contribution >= 4 is 23.1 Å². The van der Waals surface area contributed by atoms with Crippen LogP contribution in [-0.4, -0.2) is 74.4 Å². The number of hydrogen-bond acceptors (Lipinski definition) is 7. The van der Waals surface area contributed by atoms with Crippen LogP contribution in [0.25, 0.3) is 11.3 Å². The van der Waals surface area contributed by atoms with E-state index in [2.05, 4.69) is 34.0 Å².